The maximum atomic E-state index is 11.7. The van der Waals surface area contributed by atoms with Crippen molar-refractivity contribution in [1.82, 2.24) is 9.47 Å². The highest BCUT2D eigenvalue weighted by atomic mass is 16.1. The molecule has 104 valence electrons. The minimum absolute atomic E-state index is 0.0933. The second-order valence-corrected chi connectivity index (χ2v) is 6.01. The fourth-order valence-corrected chi connectivity index (χ4v) is 3.69. The van der Waals surface area contributed by atoms with Gasteiger partial charge in [-0.3, -0.25) is 4.79 Å². The van der Waals surface area contributed by atoms with Gasteiger partial charge in [0.2, 0.25) is 0 Å². The van der Waals surface area contributed by atoms with Gasteiger partial charge >= 0.3 is 0 Å². The van der Waals surface area contributed by atoms with E-state index in [1.54, 1.807) is 16.7 Å². The molecule has 1 saturated heterocycles. The summed E-state index contributed by atoms with van der Waals surface area (Å²) in [7, 11) is 0. The van der Waals surface area contributed by atoms with E-state index >= 15 is 0 Å². The third-order valence-electron chi connectivity index (χ3n) is 4.79. The predicted octanol–water partition coefficient (Wildman–Crippen LogP) is 0.907. The summed E-state index contributed by atoms with van der Waals surface area (Å²) >= 11 is 0. The van der Waals surface area contributed by atoms with Gasteiger partial charge in [-0.05, 0) is 30.7 Å². The molecule has 1 aliphatic heterocycles. The molecule has 0 radical (unpaired) electrons. The highest BCUT2D eigenvalue weighted by Gasteiger charge is 2.38. The summed E-state index contributed by atoms with van der Waals surface area (Å²) in [4.78, 5) is 14.1. The lowest BCUT2D eigenvalue weighted by Crippen LogP contribution is -2.38. The molecule has 2 aliphatic rings. The van der Waals surface area contributed by atoms with Gasteiger partial charge in [0.25, 0.3) is 5.56 Å². The quantitative estimate of drug-likeness (QED) is 0.880. The van der Waals surface area contributed by atoms with Crippen LogP contribution in [0.5, 0.6) is 0 Å². The molecular formula is C15H23N3O. The number of hydrogen-bond donors (Lipinski definition) is 1. The van der Waals surface area contributed by atoms with Crippen molar-refractivity contribution in [2.75, 3.05) is 19.6 Å². The first kappa shape index (κ1) is 12.9. The summed E-state index contributed by atoms with van der Waals surface area (Å²) in [6.45, 7) is 4.03. The summed E-state index contributed by atoms with van der Waals surface area (Å²) in [5.74, 6) is 1.47. The van der Waals surface area contributed by atoms with Gasteiger partial charge in [0, 0.05) is 44.5 Å². The van der Waals surface area contributed by atoms with Crippen LogP contribution in [0.2, 0.25) is 0 Å². The summed E-state index contributed by atoms with van der Waals surface area (Å²) in [5, 5.41) is 0. The van der Waals surface area contributed by atoms with E-state index in [-0.39, 0.29) is 5.56 Å². The molecule has 4 nitrogen and oxygen atoms in total. The highest BCUT2D eigenvalue weighted by Crippen LogP contribution is 2.35. The van der Waals surface area contributed by atoms with Gasteiger partial charge in [0.1, 0.15) is 0 Å². The van der Waals surface area contributed by atoms with Crippen LogP contribution in [-0.2, 0) is 6.54 Å². The Morgan fingerprint density at radius 2 is 2.11 bits per heavy atom. The van der Waals surface area contributed by atoms with Crippen LogP contribution in [0.15, 0.2) is 29.2 Å². The Hall–Kier alpha value is -1.13. The third kappa shape index (κ3) is 2.74. The van der Waals surface area contributed by atoms with Crippen molar-refractivity contribution in [3.05, 3.63) is 34.7 Å². The predicted molar refractivity (Wildman–Crippen MR) is 75.9 cm³/mol. The number of rotatable bonds is 3. The normalized spacial score (nSPS) is 31.3. The SMILES string of the molecule is NC1CCCC2CN(CCn3ccccc3=O)CC12. The summed E-state index contributed by atoms with van der Waals surface area (Å²) in [6, 6.07) is 5.73. The summed E-state index contributed by atoms with van der Waals surface area (Å²) in [5.41, 5.74) is 6.32. The van der Waals surface area contributed by atoms with Crippen LogP contribution in [0, 0.1) is 11.8 Å². The number of pyridine rings is 1. The number of fused-ring (bicyclic) bond motifs is 1. The van der Waals surface area contributed by atoms with Crippen molar-refractivity contribution in [3.8, 4) is 0 Å². The molecule has 2 N–H and O–H groups in total. The molecule has 1 aromatic heterocycles. The number of nitrogens with two attached hydrogens (primary N) is 1. The van der Waals surface area contributed by atoms with E-state index in [1.807, 2.05) is 12.3 Å². The molecule has 1 aromatic rings. The van der Waals surface area contributed by atoms with Crippen molar-refractivity contribution < 1.29 is 0 Å². The van der Waals surface area contributed by atoms with Crippen molar-refractivity contribution in [2.45, 2.75) is 31.8 Å². The van der Waals surface area contributed by atoms with Gasteiger partial charge < -0.3 is 15.2 Å². The minimum atomic E-state index is 0.0933. The molecule has 3 atom stereocenters. The number of likely N-dealkylation sites (tertiary alicyclic amines) is 1. The molecule has 4 heteroatoms. The Kier molecular flexibility index (Phi) is 3.71. The van der Waals surface area contributed by atoms with Gasteiger partial charge in [-0.1, -0.05) is 12.5 Å². The van der Waals surface area contributed by atoms with Crippen LogP contribution in [0.3, 0.4) is 0 Å². The second kappa shape index (κ2) is 5.47. The molecule has 2 heterocycles. The largest absolute Gasteiger partial charge is 0.327 e. The van der Waals surface area contributed by atoms with Crippen molar-refractivity contribution >= 4 is 0 Å². The molecule has 1 aliphatic carbocycles. The smallest absolute Gasteiger partial charge is 0.250 e. The van der Waals surface area contributed by atoms with Crippen LogP contribution in [0.25, 0.3) is 0 Å². The Bertz CT molecular complexity index is 484. The molecular weight excluding hydrogens is 238 g/mol. The fourth-order valence-electron chi connectivity index (χ4n) is 3.69. The number of hydrogen-bond acceptors (Lipinski definition) is 3. The van der Waals surface area contributed by atoms with Crippen molar-refractivity contribution in [2.24, 2.45) is 17.6 Å². The average molecular weight is 261 g/mol. The Balaban J connectivity index is 1.57. The summed E-state index contributed by atoms with van der Waals surface area (Å²) in [6.07, 6.45) is 5.68. The van der Waals surface area contributed by atoms with Crippen molar-refractivity contribution in [3.63, 3.8) is 0 Å². The monoisotopic (exact) mass is 261 g/mol. The second-order valence-electron chi connectivity index (χ2n) is 6.01. The fraction of sp³-hybridized carbons (Fsp3) is 0.667. The Morgan fingerprint density at radius 3 is 2.89 bits per heavy atom. The molecule has 0 amide bonds. The average Bonchev–Trinajstić information content (AvgIpc) is 2.82. The molecule has 0 bridgehead atoms. The first-order valence-electron chi connectivity index (χ1n) is 7.37. The van der Waals surface area contributed by atoms with E-state index in [1.165, 1.54) is 25.8 Å². The zero-order valence-corrected chi connectivity index (χ0v) is 11.4. The first-order chi connectivity index (χ1) is 9.24. The molecule has 1 saturated carbocycles. The van der Waals surface area contributed by atoms with Crippen LogP contribution in [-0.4, -0.2) is 35.1 Å². The van der Waals surface area contributed by atoms with Crippen LogP contribution in [0.4, 0.5) is 0 Å². The van der Waals surface area contributed by atoms with E-state index < -0.39 is 0 Å². The van der Waals surface area contributed by atoms with E-state index in [0.29, 0.717) is 12.0 Å². The van der Waals surface area contributed by atoms with Crippen LogP contribution >= 0.6 is 0 Å². The lowest BCUT2D eigenvalue weighted by Gasteiger charge is -2.29. The highest BCUT2D eigenvalue weighted by molar-refractivity contribution is 4.95. The lowest BCUT2D eigenvalue weighted by atomic mass is 9.78. The maximum absolute atomic E-state index is 11.7. The van der Waals surface area contributed by atoms with Gasteiger partial charge in [0.15, 0.2) is 0 Å². The van der Waals surface area contributed by atoms with Gasteiger partial charge in [0.05, 0.1) is 0 Å². The van der Waals surface area contributed by atoms with E-state index in [0.717, 1.165) is 25.6 Å². The van der Waals surface area contributed by atoms with E-state index in [2.05, 4.69) is 4.90 Å². The third-order valence-corrected chi connectivity index (χ3v) is 4.79. The molecule has 0 aromatic carbocycles. The van der Waals surface area contributed by atoms with E-state index in [4.69, 9.17) is 5.73 Å². The zero-order valence-electron chi connectivity index (χ0n) is 11.4. The number of aromatic nitrogens is 1. The Labute approximate surface area is 114 Å². The van der Waals surface area contributed by atoms with Gasteiger partial charge in [-0.25, -0.2) is 0 Å². The van der Waals surface area contributed by atoms with E-state index in [9.17, 15) is 4.79 Å². The molecule has 19 heavy (non-hydrogen) atoms. The molecule has 3 rings (SSSR count). The topological polar surface area (TPSA) is 51.3 Å². The standard InChI is InChI=1S/C15H23N3O/c16-14-5-3-4-12-10-17(11-13(12)14)8-9-18-7-2-1-6-15(18)19/h1-2,6-7,12-14H,3-5,8-11,16H2. The zero-order chi connectivity index (χ0) is 13.2. The van der Waals surface area contributed by atoms with Gasteiger partial charge in [-0.15, -0.1) is 0 Å². The lowest BCUT2D eigenvalue weighted by molar-refractivity contribution is 0.259. The number of nitrogens with zero attached hydrogens (tertiary/aromatic N) is 2. The minimum Gasteiger partial charge on any atom is -0.327 e. The molecule has 3 unspecified atom stereocenters. The first-order valence-corrected chi connectivity index (χ1v) is 7.37. The van der Waals surface area contributed by atoms with Crippen LogP contribution < -0.4 is 11.3 Å². The maximum Gasteiger partial charge on any atom is 0.250 e. The molecule has 0 spiro atoms. The Morgan fingerprint density at radius 1 is 1.21 bits per heavy atom. The van der Waals surface area contributed by atoms with Crippen LogP contribution in [0.1, 0.15) is 19.3 Å². The van der Waals surface area contributed by atoms with Crippen molar-refractivity contribution in [1.29, 1.82) is 0 Å². The molecule has 2 fully saturated rings. The van der Waals surface area contributed by atoms with Gasteiger partial charge in [-0.2, -0.15) is 0 Å². The summed E-state index contributed by atoms with van der Waals surface area (Å²) < 4.78 is 1.79.